The van der Waals surface area contributed by atoms with E-state index in [2.05, 4.69) is 217 Å². The van der Waals surface area contributed by atoms with Gasteiger partial charge in [-0.2, -0.15) is 5.10 Å². The lowest BCUT2D eigenvalue weighted by molar-refractivity contribution is 0.979. The summed E-state index contributed by atoms with van der Waals surface area (Å²) in [5.74, 6) is 0.655. The van der Waals surface area contributed by atoms with E-state index in [0.717, 1.165) is 72.6 Å². The van der Waals surface area contributed by atoms with Crippen LogP contribution < -0.4 is 0 Å². The minimum atomic E-state index is 0.655. The first-order valence-electron chi connectivity index (χ1n) is 20.7. The van der Waals surface area contributed by atoms with E-state index >= 15 is 0 Å². The molecule has 0 aliphatic rings. The molecule has 0 amide bonds. The maximum Gasteiger partial charge on any atom is 0.160 e. The van der Waals surface area contributed by atoms with Crippen LogP contribution in [0, 0.1) is 0 Å². The van der Waals surface area contributed by atoms with E-state index < -0.39 is 0 Å². The molecule has 284 valence electrons. The van der Waals surface area contributed by atoms with E-state index in [1.54, 1.807) is 0 Å². The first-order valence-corrected chi connectivity index (χ1v) is 20.7. The van der Waals surface area contributed by atoms with E-state index in [-0.39, 0.29) is 0 Å². The summed E-state index contributed by atoms with van der Waals surface area (Å²) in [5.41, 5.74) is 12.0. The van der Waals surface area contributed by atoms with Crippen LogP contribution >= 0.6 is 0 Å². The molecule has 0 N–H and O–H groups in total. The van der Waals surface area contributed by atoms with Crippen LogP contribution in [0.25, 0.3) is 116 Å². The summed E-state index contributed by atoms with van der Waals surface area (Å²) in [7, 11) is 0. The molecular weight excluding hydrogens is 741 g/mol. The minimum absolute atomic E-state index is 0.655. The van der Waals surface area contributed by atoms with Crippen molar-refractivity contribution in [2.75, 3.05) is 0 Å². The van der Waals surface area contributed by atoms with Crippen molar-refractivity contribution in [3.63, 3.8) is 0 Å². The molecule has 12 aromatic rings. The van der Waals surface area contributed by atoms with Gasteiger partial charge in [0.15, 0.2) is 5.82 Å². The van der Waals surface area contributed by atoms with Crippen molar-refractivity contribution in [1.82, 2.24) is 19.6 Å². The van der Waals surface area contributed by atoms with Crippen LogP contribution in [0.5, 0.6) is 0 Å². The van der Waals surface area contributed by atoms with Crippen molar-refractivity contribution in [3.05, 3.63) is 218 Å². The van der Waals surface area contributed by atoms with Crippen molar-refractivity contribution in [3.8, 4) is 67.5 Å². The molecule has 0 radical (unpaired) electrons. The average molecular weight is 777 g/mol. The molecule has 4 heteroatoms. The summed E-state index contributed by atoms with van der Waals surface area (Å²) < 4.78 is 2.14. The van der Waals surface area contributed by atoms with Crippen molar-refractivity contribution in [2.45, 2.75) is 0 Å². The summed E-state index contributed by atoms with van der Waals surface area (Å²) in [6, 6.07) is 77.3. The highest BCUT2D eigenvalue weighted by molar-refractivity contribution is 6.25. The number of aromatic nitrogens is 4. The van der Waals surface area contributed by atoms with Gasteiger partial charge in [0.1, 0.15) is 5.69 Å². The molecule has 0 aliphatic heterocycles. The molecule has 3 aromatic heterocycles. The Balaban J connectivity index is 1.08. The van der Waals surface area contributed by atoms with Gasteiger partial charge in [0.2, 0.25) is 0 Å². The molecular formula is C57H36N4. The first-order chi connectivity index (χ1) is 30.2. The zero-order chi connectivity index (χ0) is 40.3. The third kappa shape index (κ3) is 5.88. The lowest BCUT2D eigenvalue weighted by Crippen LogP contribution is -1.97. The van der Waals surface area contributed by atoms with E-state index in [0.29, 0.717) is 5.82 Å². The zero-order valence-electron chi connectivity index (χ0n) is 33.1. The van der Waals surface area contributed by atoms with Gasteiger partial charge in [-0.3, -0.25) is 0 Å². The second-order valence-electron chi connectivity index (χ2n) is 15.6. The van der Waals surface area contributed by atoms with E-state index in [4.69, 9.17) is 15.1 Å². The van der Waals surface area contributed by atoms with Crippen LogP contribution in [0.4, 0.5) is 0 Å². The molecule has 0 spiro atoms. The standard InChI is InChI=1S/C57H36N4/c1-4-17-37(18-5-1)51-36-52(41-31-32-49-47-29-13-12-27-45(47)46-28-14-15-30-48(46)50(49)34-41)59-57(58-51)43-25-16-24-42(33-43)55-54(39-21-8-3-9-22-39)56-44-26-11-10-23-40(44)35-53(61(56)60-55)38-19-6-2-7-20-38/h1-36H. The predicted molar refractivity (Wildman–Crippen MR) is 253 cm³/mol. The quantitative estimate of drug-likeness (QED) is 0.158. The highest BCUT2D eigenvalue weighted by atomic mass is 15.2. The Kier molecular flexibility index (Phi) is 8.13. The maximum absolute atomic E-state index is 5.50. The Morgan fingerprint density at radius 1 is 0.311 bits per heavy atom. The van der Waals surface area contributed by atoms with Gasteiger partial charge < -0.3 is 0 Å². The lowest BCUT2D eigenvalue weighted by atomic mass is 9.92. The van der Waals surface area contributed by atoms with Crippen LogP contribution in [-0.2, 0) is 0 Å². The highest BCUT2D eigenvalue weighted by Crippen LogP contribution is 2.42. The van der Waals surface area contributed by atoms with Gasteiger partial charge in [0, 0.05) is 38.8 Å². The van der Waals surface area contributed by atoms with Gasteiger partial charge in [-0.1, -0.05) is 194 Å². The fourth-order valence-corrected chi connectivity index (χ4v) is 9.14. The second kappa shape index (κ2) is 14.3. The average Bonchev–Trinajstić information content (AvgIpc) is 3.76. The molecule has 0 unspecified atom stereocenters. The van der Waals surface area contributed by atoms with Crippen molar-refractivity contribution < 1.29 is 0 Å². The van der Waals surface area contributed by atoms with Crippen LogP contribution in [0.2, 0.25) is 0 Å². The number of pyridine rings is 1. The fourth-order valence-electron chi connectivity index (χ4n) is 9.14. The van der Waals surface area contributed by atoms with E-state index in [1.807, 2.05) is 6.07 Å². The Morgan fingerprint density at radius 2 is 0.820 bits per heavy atom. The van der Waals surface area contributed by atoms with Gasteiger partial charge in [0.25, 0.3) is 0 Å². The Morgan fingerprint density at radius 3 is 1.49 bits per heavy atom. The smallest absolute Gasteiger partial charge is 0.160 e. The van der Waals surface area contributed by atoms with Crippen LogP contribution in [0.15, 0.2) is 218 Å². The largest absolute Gasteiger partial charge is 0.231 e. The molecule has 4 nitrogen and oxygen atoms in total. The monoisotopic (exact) mass is 776 g/mol. The van der Waals surface area contributed by atoms with Crippen molar-refractivity contribution >= 4 is 48.6 Å². The van der Waals surface area contributed by atoms with Gasteiger partial charge in [0.05, 0.1) is 22.6 Å². The molecule has 12 rings (SSSR count). The predicted octanol–water partition coefficient (Wildman–Crippen LogP) is 14.7. The Hall–Kier alpha value is -8.21. The molecule has 0 atom stereocenters. The van der Waals surface area contributed by atoms with Gasteiger partial charge in [-0.05, 0) is 67.5 Å². The number of fused-ring (bicyclic) bond motifs is 9. The summed E-state index contributed by atoms with van der Waals surface area (Å²) in [5, 5.41) is 15.2. The van der Waals surface area contributed by atoms with Gasteiger partial charge in [-0.25, -0.2) is 14.5 Å². The Labute approximate surface area is 352 Å². The van der Waals surface area contributed by atoms with Crippen LogP contribution in [0.1, 0.15) is 0 Å². The SMILES string of the molecule is c1ccc(-c2cc(-c3ccc4c5ccccc5c5ccccc5c4c3)nc(-c3cccc(-c4nn5c(-c6ccccc6)cc6ccccc6c5c4-c4ccccc4)c3)n2)cc1. The third-order valence-electron chi connectivity index (χ3n) is 12.0. The molecule has 61 heavy (non-hydrogen) atoms. The summed E-state index contributed by atoms with van der Waals surface area (Å²) >= 11 is 0. The molecule has 0 bridgehead atoms. The summed E-state index contributed by atoms with van der Waals surface area (Å²) in [4.78, 5) is 10.6. The minimum Gasteiger partial charge on any atom is -0.231 e. The summed E-state index contributed by atoms with van der Waals surface area (Å²) in [6.07, 6.45) is 0. The number of hydrogen-bond acceptors (Lipinski definition) is 3. The zero-order valence-corrected chi connectivity index (χ0v) is 33.1. The number of nitrogens with zero attached hydrogens (tertiary/aromatic N) is 4. The normalized spacial score (nSPS) is 11.6. The topological polar surface area (TPSA) is 43.1 Å². The number of hydrogen-bond donors (Lipinski definition) is 0. The molecule has 0 saturated carbocycles. The van der Waals surface area contributed by atoms with Crippen LogP contribution in [-0.4, -0.2) is 19.6 Å². The van der Waals surface area contributed by atoms with Crippen molar-refractivity contribution in [2.24, 2.45) is 0 Å². The Bertz CT molecular complexity index is 3600. The first kappa shape index (κ1) is 34.8. The van der Waals surface area contributed by atoms with Crippen molar-refractivity contribution in [1.29, 1.82) is 0 Å². The van der Waals surface area contributed by atoms with E-state index in [1.165, 1.54) is 37.7 Å². The molecule has 0 aliphatic carbocycles. The highest BCUT2D eigenvalue weighted by Gasteiger charge is 2.22. The fraction of sp³-hybridized carbons (Fsp3) is 0. The summed E-state index contributed by atoms with van der Waals surface area (Å²) in [6.45, 7) is 0. The van der Waals surface area contributed by atoms with E-state index in [9.17, 15) is 0 Å². The maximum atomic E-state index is 5.50. The molecule has 9 aromatic carbocycles. The second-order valence-corrected chi connectivity index (χ2v) is 15.6. The van der Waals surface area contributed by atoms with Crippen LogP contribution in [0.3, 0.4) is 0 Å². The molecule has 0 fully saturated rings. The van der Waals surface area contributed by atoms with Gasteiger partial charge >= 0.3 is 0 Å². The third-order valence-corrected chi connectivity index (χ3v) is 12.0. The van der Waals surface area contributed by atoms with Gasteiger partial charge in [-0.15, -0.1) is 0 Å². The number of benzene rings is 9. The molecule has 3 heterocycles. The molecule has 0 saturated heterocycles. The lowest BCUT2D eigenvalue weighted by Gasteiger charge is -2.13. The number of rotatable bonds is 6.